The van der Waals surface area contributed by atoms with Gasteiger partial charge < -0.3 is 10.2 Å². The number of rotatable bonds is 4. The van der Waals surface area contributed by atoms with Gasteiger partial charge in [-0.05, 0) is 25.8 Å². The summed E-state index contributed by atoms with van der Waals surface area (Å²) in [7, 11) is 0. The average molecular weight is 314 g/mol. The number of carbonyl (C=O) groups is 1. The highest BCUT2D eigenvalue weighted by Crippen LogP contribution is 2.29. The number of nitrogens with one attached hydrogen (secondary N) is 1. The zero-order valence-corrected chi connectivity index (χ0v) is 13.4. The molecule has 2 aromatic heterocycles. The summed E-state index contributed by atoms with van der Waals surface area (Å²) in [5, 5.41) is 15.8. The highest BCUT2D eigenvalue weighted by molar-refractivity contribution is 5.79. The van der Waals surface area contributed by atoms with E-state index < -0.39 is 0 Å². The molecule has 0 spiro atoms. The van der Waals surface area contributed by atoms with Gasteiger partial charge in [-0.3, -0.25) is 4.79 Å². The lowest BCUT2D eigenvalue weighted by Crippen LogP contribution is -2.34. The highest BCUT2D eigenvalue weighted by Gasteiger charge is 2.35. The van der Waals surface area contributed by atoms with E-state index in [-0.39, 0.29) is 0 Å². The molecule has 7 nitrogen and oxygen atoms in total. The molecule has 3 heterocycles. The van der Waals surface area contributed by atoms with E-state index in [2.05, 4.69) is 25.5 Å². The number of anilines is 1. The minimum atomic E-state index is 0.322. The first kappa shape index (κ1) is 14.4. The molecule has 2 fully saturated rings. The molecule has 1 unspecified atom stereocenters. The minimum absolute atomic E-state index is 0.322. The molecule has 23 heavy (non-hydrogen) atoms. The lowest BCUT2D eigenvalue weighted by atomic mass is 10.1. The smallest absolute Gasteiger partial charge is 0.223 e. The van der Waals surface area contributed by atoms with Crippen molar-refractivity contribution < 1.29 is 4.79 Å². The minimum Gasteiger partial charge on any atom is -0.382 e. The molecule has 2 aromatic rings. The van der Waals surface area contributed by atoms with Gasteiger partial charge in [-0.25, -0.2) is 0 Å². The van der Waals surface area contributed by atoms with Gasteiger partial charge in [0.25, 0.3) is 0 Å². The third kappa shape index (κ3) is 2.75. The normalized spacial score (nSPS) is 22.4. The van der Waals surface area contributed by atoms with Crippen molar-refractivity contribution in [2.24, 2.45) is 5.92 Å². The largest absolute Gasteiger partial charge is 0.382 e. The highest BCUT2D eigenvalue weighted by atomic mass is 16.2. The van der Waals surface area contributed by atoms with E-state index >= 15 is 0 Å². The summed E-state index contributed by atoms with van der Waals surface area (Å²) in [5.41, 5.74) is 2.57. The van der Waals surface area contributed by atoms with Crippen LogP contribution in [0.15, 0.2) is 12.4 Å². The summed E-state index contributed by atoms with van der Waals surface area (Å²) in [6, 6.07) is 2.47. The summed E-state index contributed by atoms with van der Waals surface area (Å²) in [6.45, 7) is 3.61. The number of hydrogen-bond donors (Lipinski definition) is 1. The molecular formula is C16H22N6O. The number of aromatic nitrogens is 4. The molecular weight excluding hydrogens is 292 g/mol. The zero-order chi connectivity index (χ0) is 15.8. The number of likely N-dealkylation sites (tertiary alicyclic amines) is 1. The van der Waals surface area contributed by atoms with Crippen LogP contribution in [0.2, 0.25) is 0 Å². The first-order valence-corrected chi connectivity index (χ1v) is 8.42. The average Bonchev–Trinajstić information content (AvgIpc) is 3.24. The molecule has 1 atom stereocenters. The van der Waals surface area contributed by atoms with Gasteiger partial charge in [-0.15, -0.1) is 10.2 Å². The van der Waals surface area contributed by atoms with Crippen LogP contribution >= 0.6 is 0 Å². The van der Waals surface area contributed by atoms with E-state index in [4.69, 9.17) is 0 Å². The Morgan fingerprint density at radius 3 is 3.00 bits per heavy atom. The monoisotopic (exact) mass is 314 g/mol. The van der Waals surface area contributed by atoms with E-state index in [1.54, 1.807) is 10.8 Å². The van der Waals surface area contributed by atoms with Gasteiger partial charge in [0.1, 0.15) is 6.33 Å². The van der Waals surface area contributed by atoms with Crippen LogP contribution in [0.4, 0.5) is 5.69 Å². The number of aryl methyl sites for hydroxylation is 1. The van der Waals surface area contributed by atoms with Crippen LogP contribution in [0, 0.1) is 12.8 Å². The molecule has 122 valence electrons. The maximum absolute atomic E-state index is 12.3. The van der Waals surface area contributed by atoms with E-state index in [0.717, 1.165) is 30.1 Å². The third-order valence-electron chi connectivity index (χ3n) is 4.98. The predicted molar refractivity (Wildman–Crippen MR) is 86.1 cm³/mol. The van der Waals surface area contributed by atoms with Crippen LogP contribution in [-0.2, 0) is 4.79 Å². The molecule has 1 saturated carbocycles. The number of amides is 1. The van der Waals surface area contributed by atoms with Gasteiger partial charge in [-0.1, -0.05) is 12.8 Å². The van der Waals surface area contributed by atoms with Gasteiger partial charge in [0, 0.05) is 31.5 Å². The van der Waals surface area contributed by atoms with Crippen molar-refractivity contribution in [1.82, 2.24) is 24.7 Å². The van der Waals surface area contributed by atoms with Gasteiger partial charge >= 0.3 is 0 Å². The lowest BCUT2D eigenvalue weighted by molar-refractivity contribution is -0.129. The molecule has 0 bridgehead atoms. The van der Waals surface area contributed by atoms with Crippen LogP contribution < -0.4 is 5.32 Å². The Balaban J connectivity index is 1.43. The molecule has 1 aliphatic carbocycles. The number of fused-ring (bicyclic) bond motifs is 1. The lowest BCUT2D eigenvalue weighted by Gasteiger charge is -2.24. The summed E-state index contributed by atoms with van der Waals surface area (Å²) in [4.78, 5) is 14.4. The number of nitrogens with zero attached hydrogens (tertiary/aromatic N) is 5. The Hall–Kier alpha value is -2.18. The molecule has 1 N–H and O–H groups in total. The molecule has 4 rings (SSSR count). The summed E-state index contributed by atoms with van der Waals surface area (Å²) < 4.78 is 1.68. The maximum atomic E-state index is 12.3. The van der Waals surface area contributed by atoms with E-state index in [9.17, 15) is 4.79 Å². The third-order valence-corrected chi connectivity index (χ3v) is 4.98. The Bertz CT molecular complexity index is 720. The van der Waals surface area contributed by atoms with Crippen LogP contribution in [0.25, 0.3) is 5.65 Å². The van der Waals surface area contributed by atoms with Crippen molar-refractivity contribution in [2.75, 3.05) is 18.4 Å². The molecule has 7 heteroatoms. The van der Waals surface area contributed by atoms with Crippen LogP contribution in [-0.4, -0.2) is 49.7 Å². The summed E-state index contributed by atoms with van der Waals surface area (Å²) in [6.07, 6.45) is 7.13. The topological polar surface area (TPSA) is 75.4 Å². The predicted octanol–water partition coefficient (Wildman–Crippen LogP) is 1.64. The first-order chi connectivity index (χ1) is 11.2. The first-order valence-electron chi connectivity index (χ1n) is 8.42. The Morgan fingerprint density at radius 2 is 2.17 bits per heavy atom. The van der Waals surface area contributed by atoms with Crippen molar-refractivity contribution in [1.29, 1.82) is 0 Å². The van der Waals surface area contributed by atoms with Gasteiger partial charge in [0.05, 0.1) is 11.4 Å². The van der Waals surface area contributed by atoms with Gasteiger partial charge in [0.15, 0.2) is 0 Å². The Morgan fingerprint density at radius 1 is 1.35 bits per heavy atom. The molecule has 2 aliphatic rings. The quantitative estimate of drug-likeness (QED) is 0.928. The Kier molecular flexibility index (Phi) is 3.63. The second-order valence-corrected chi connectivity index (χ2v) is 6.73. The standard InChI is InChI=1S/C16H22N6O/c1-11-6-14(16-19-18-10-22(16)20-11)17-8-12-7-15(23)21(9-12)13-4-2-3-5-13/h6,10,12-13,17H,2-5,7-9H2,1H3. The van der Waals surface area contributed by atoms with Crippen molar-refractivity contribution >= 4 is 17.2 Å². The second-order valence-electron chi connectivity index (χ2n) is 6.73. The van der Waals surface area contributed by atoms with Gasteiger partial charge in [-0.2, -0.15) is 9.61 Å². The molecule has 0 aromatic carbocycles. The second kappa shape index (κ2) is 5.79. The summed E-state index contributed by atoms with van der Waals surface area (Å²) >= 11 is 0. The van der Waals surface area contributed by atoms with Crippen LogP contribution in [0.1, 0.15) is 37.8 Å². The van der Waals surface area contributed by atoms with Crippen LogP contribution in [0.3, 0.4) is 0 Å². The van der Waals surface area contributed by atoms with Gasteiger partial charge in [0.2, 0.25) is 11.6 Å². The summed E-state index contributed by atoms with van der Waals surface area (Å²) in [5.74, 6) is 0.682. The fourth-order valence-corrected chi connectivity index (χ4v) is 3.85. The van der Waals surface area contributed by atoms with Crippen molar-refractivity contribution in [3.63, 3.8) is 0 Å². The van der Waals surface area contributed by atoms with E-state index in [1.807, 2.05) is 13.0 Å². The molecule has 1 saturated heterocycles. The van der Waals surface area contributed by atoms with Crippen LogP contribution in [0.5, 0.6) is 0 Å². The SMILES string of the molecule is Cc1cc(NCC2CC(=O)N(C3CCCC3)C2)c2nncn2n1. The maximum Gasteiger partial charge on any atom is 0.223 e. The number of hydrogen-bond acceptors (Lipinski definition) is 5. The molecule has 1 amide bonds. The van der Waals surface area contributed by atoms with Crippen molar-refractivity contribution in [3.8, 4) is 0 Å². The van der Waals surface area contributed by atoms with Crippen molar-refractivity contribution in [3.05, 3.63) is 18.1 Å². The van der Waals surface area contributed by atoms with Crippen molar-refractivity contribution in [2.45, 2.75) is 45.1 Å². The fraction of sp³-hybridized carbons (Fsp3) is 0.625. The molecule has 0 radical (unpaired) electrons. The number of carbonyl (C=O) groups excluding carboxylic acids is 1. The van der Waals surface area contributed by atoms with E-state index in [1.165, 1.54) is 25.7 Å². The Labute approximate surface area is 135 Å². The fourth-order valence-electron chi connectivity index (χ4n) is 3.85. The zero-order valence-electron chi connectivity index (χ0n) is 13.4. The van der Waals surface area contributed by atoms with E-state index in [0.29, 0.717) is 24.3 Å². The molecule has 1 aliphatic heterocycles.